The molecule has 0 aliphatic carbocycles. The van der Waals surface area contributed by atoms with Crippen molar-refractivity contribution in [1.29, 1.82) is 0 Å². The average Bonchev–Trinajstić information content (AvgIpc) is 2.85. The summed E-state index contributed by atoms with van der Waals surface area (Å²) in [5, 5.41) is 7.70. The van der Waals surface area contributed by atoms with Gasteiger partial charge in [-0.15, -0.1) is 0 Å². The van der Waals surface area contributed by atoms with Gasteiger partial charge < -0.3 is 5.32 Å². The van der Waals surface area contributed by atoms with Crippen LogP contribution in [0.15, 0.2) is 29.4 Å². The van der Waals surface area contributed by atoms with Gasteiger partial charge in [0.1, 0.15) is 0 Å². The maximum absolute atomic E-state index is 11.5. The van der Waals surface area contributed by atoms with Crippen LogP contribution in [0.4, 0.5) is 5.13 Å². The first-order valence-corrected chi connectivity index (χ1v) is 6.92. The van der Waals surface area contributed by atoms with Crippen molar-refractivity contribution in [2.75, 3.05) is 11.9 Å². The van der Waals surface area contributed by atoms with E-state index in [2.05, 4.69) is 20.8 Å². The summed E-state index contributed by atoms with van der Waals surface area (Å²) in [6.45, 7) is 4.03. The molecule has 19 heavy (non-hydrogen) atoms. The number of nitrogens with one attached hydrogen (secondary N) is 2. The number of anilines is 1. The van der Waals surface area contributed by atoms with Gasteiger partial charge in [-0.3, -0.25) is 4.79 Å². The summed E-state index contributed by atoms with van der Waals surface area (Å²) in [7, 11) is 0. The number of benzene rings is 1. The first-order valence-electron chi connectivity index (χ1n) is 6.10. The summed E-state index contributed by atoms with van der Waals surface area (Å²) in [5.41, 5.74) is 4.34. The molecule has 0 bridgehead atoms. The molecule has 0 radical (unpaired) electrons. The minimum Gasteiger partial charge on any atom is -0.352 e. The summed E-state index contributed by atoms with van der Waals surface area (Å²) in [4.78, 5) is 15.9. The molecule has 0 saturated heterocycles. The zero-order valence-corrected chi connectivity index (χ0v) is 11.8. The zero-order chi connectivity index (χ0) is 13.7. The number of thiazole rings is 1. The number of para-hydroxylation sites is 1. The number of nitrogens with zero attached hydrogens (tertiary/aromatic N) is 2. The highest BCUT2D eigenvalue weighted by Gasteiger charge is 2.04. The Morgan fingerprint density at radius 3 is 2.95 bits per heavy atom. The smallest absolute Gasteiger partial charge is 0.259 e. The average molecular weight is 276 g/mol. The van der Waals surface area contributed by atoms with Crippen LogP contribution in [0.25, 0.3) is 10.2 Å². The van der Waals surface area contributed by atoms with Crippen LogP contribution in [0, 0.1) is 0 Å². The van der Waals surface area contributed by atoms with Crippen LogP contribution < -0.4 is 10.7 Å². The number of amides is 1. The van der Waals surface area contributed by atoms with Crippen LogP contribution in [0.3, 0.4) is 0 Å². The van der Waals surface area contributed by atoms with Crippen molar-refractivity contribution in [1.82, 2.24) is 10.4 Å². The normalized spacial score (nSPS) is 11.6. The van der Waals surface area contributed by atoms with Crippen molar-refractivity contribution in [3.8, 4) is 0 Å². The maximum Gasteiger partial charge on any atom is 0.259 e. The van der Waals surface area contributed by atoms with Gasteiger partial charge in [0.15, 0.2) is 5.13 Å². The molecule has 5 nitrogen and oxygen atoms in total. The number of fused-ring (bicyclic) bond motifs is 1. The molecule has 1 aromatic carbocycles. The molecule has 0 aliphatic heterocycles. The topological polar surface area (TPSA) is 66.4 Å². The van der Waals surface area contributed by atoms with E-state index < -0.39 is 0 Å². The molecule has 1 heterocycles. The van der Waals surface area contributed by atoms with Crippen molar-refractivity contribution >= 4 is 38.3 Å². The quantitative estimate of drug-likeness (QED) is 0.651. The molecule has 1 aromatic heterocycles. The molecule has 0 fully saturated rings. The van der Waals surface area contributed by atoms with E-state index in [1.54, 1.807) is 0 Å². The number of hydrogen-bond acceptors (Lipinski definition) is 5. The molecule has 0 spiro atoms. The summed E-state index contributed by atoms with van der Waals surface area (Å²) >= 11 is 1.53. The summed E-state index contributed by atoms with van der Waals surface area (Å²) < 4.78 is 1.10. The number of hydrogen-bond donors (Lipinski definition) is 2. The maximum atomic E-state index is 11.5. The van der Waals surface area contributed by atoms with Crippen LogP contribution in [0.1, 0.15) is 20.3 Å². The van der Waals surface area contributed by atoms with Crippen LogP contribution >= 0.6 is 11.3 Å². The highest BCUT2D eigenvalue weighted by molar-refractivity contribution is 7.22. The molecule has 0 aliphatic rings. The number of aromatic nitrogens is 1. The van der Waals surface area contributed by atoms with Gasteiger partial charge in [0.2, 0.25) is 0 Å². The minimum atomic E-state index is -0.174. The molecule has 0 saturated carbocycles. The molecule has 0 atom stereocenters. The first kappa shape index (κ1) is 13.5. The second-order valence-corrected chi connectivity index (χ2v) is 5.11. The minimum absolute atomic E-state index is 0.167. The van der Waals surface area contributed by atoms with E-state index in [4.69, 9.17) is 0 Å². The van der Waals surface area contributed by atoms with Gasteiger partial charge in [-0.25, -0.2) is 10.4 Å². The fourth-order valence-electron chi connectivity index (χ4n) is 1.38. The van der Waals surface area contributed by atoms with E-state index in [0.717, 1.165) is 27.5 Å². The lowest BCUT2D eigenvalue weighted by Gasteiger charge is -2.01. The Morgan fingerprint density at radius 2 is 2.21 bits per heavy atom. The van der Waals surface area contributed by atoms with E-state index in [1.165, 1.54) is 11.3 Å². The number of rotatable bonds is 5. The standard InChI is InChI=1S/C13H16N4OS/c1-3-9(2)16-17-12(18)8-14-13-15-10-6-4-5-7-11(10)19-13/h4-7H,3,8H2,1-2H3,(H,14,15)(H,17,18)/b16-9-. The van der Waals surface area contributed by atoms with E-state index in [-0.39, 0.29) is 12.5 Å². The predicted molar refractivity (Wildman–Crippen MR) is 79.7 cm³/mol. The van der Waals surface area contributed by atoms with Gasteiger partial charge in [0, 0.05) is 5.71 Å². The van der Waals surface area contributed by atoms with E-state index >= 15 is 0 Å². The largest absolute Gasteiger partial charge is 0.352 e. The number of carbonyl (C=O) groups is 1. The summed E-state index contributed by atoms with van der Waals surface area (Å²) in [6.07, 6.45) is 0.825. The molecule has 0 unspecified atom stereocenters. The van der Waals surface area contributed by atoms with Gasteiger partial charge in [-0.2, -0.15) is 5.10 Å². The van der Waals surface area contributed by atoms with Crippen molar-refractivity contribution in [2.45, 2.75) is 20.3 Å². The monoisotopic (exact) mass is 276 g/mol. The lowest BCUT2D eigenvalue weighted by molar-refractivity contribution is -0.119. The van der Waals surface area contributed by atoms with Gasteiger partial charge in [-0.05, 0) is 25.5 Å². The van der Waals surface area contributed by atoms with Crippen LogP contribution in [0.5, 0.6) is 0 Å². The third-order valence-electron chi connectivity index (χ3n) is 2.58. The Balaban J connectivity index is 1.90. The highest BCUT2D eigenvalue weighted by atomic mass is 32.1. The molecule has 100 valence electrons. The second-order valence-electron chi connectivity index (χ2n) is 4.08. The van der Waals surface area contributed by atoms with Crippen molar-refractivity contribution in [3.63, 3.8) is 0 Å². The predicted octanol–water partition coefficient (Wildman–Crippen LogP) is 2.61. The Morgan fingerprint density at radius 1 is 1.42 bits per heavy atom. The van der Waals surface area contributed by atoms with Gasteiger partial charge in [0.05, 0.1) is 16.8 Å². The third-order valence-corrected chi connectivity index (χ3v) is 3.57. The second kappa shape index (κ2) is 6.29. The van der Waals surface area contributed by atoms with Crippen LogP contribution in [-0.4, -0.2) is 23.1 Å². The molecule has 6 heteroatoms. The summed E-state index contributed by atoms with van der Waals surface area (Å²) in [6, 6.07) is 7.87. The zero-order valence-electron chi connectivity index (χ0n) is 10.9. The molecular formula is C13H16N4OS. The fourth-order valence-corrected chi connectivity index (χ4v) is 2.24. The first-order chi connectivity index (χ1) is 9.19. The Labute approximate surface area is 115 Å². The number of carbonyl (C=O) groups excluding carboxylic acids is 1. The van der Waals surface area contributed by atoms with Gasteiger partial charge in [0.25, 0.3) is 5.91 Å². The van der Waals surface area contributed by atoms with Gasteiger partial charge in [-0.1, -0.05) is 30.4 Å². The molecule has 2 aromatic rings. The van der Waals surface area contributed by atoms with Crippen molar-refractivity contribution < 1.29 is 4.79 Å². The SMILES string of the molecule is CC/C(C)=N\NC(=O)CNc1nc2ccccc2s1. The Kier molecular flexibility index (Phi) is 4.46. The van der Waals surface area contributed by atoms with Crippen LogP contribution in [-0.2, 0) is 4.79 Å². The molecule has 2 rings (SSSR count). The van der Waals surface area contributed by atoms with Crippen LogP contribution in [0.2, 0.25) is 0 Å². The number of hydrazone groups is 1. The lowest BCUT2D eigenvalue weighted by Crippen LogP contribution is -2.26. The van der Waals surface area contributed by atoms with E-state index in [0.29, 0.717) is 0 Å². The van der Waals surface area contributed by atoms with E-state index in [9.17, 15) is 4.79 Å². The Hall–Kier alpha value is -1.95. The molecule has 1 amide bonds. The molecular weight excluding hydrogens is 260 g/mol. The lowest BCUT2D eigenvalue weighted by atomic mass is 10.3. The fraction of sp³-hybridized carbons (Fsp3) is 0.308. The summed E-state index contributed by atoms with van der Waals surface area (Å²) in [5.74, 6) is -0.174. The van der Waals surface area contributed by atoms with E-state index in [1.807, 2.05) is 38.1 Å². The van der Waals surface area contributed by atoms with Crippen molar-refractivity contribution in [2.24, 2.45) is 5.10 Å². The highest BCUT2D eigenvalue weighted by Crippen LogP contribution is 2.24. The Bertz CT molecular complexity index is 572. The third kappa shape index (κ3) is 3.75. The molecule has 2 N–H and O–H groups in total. The van der Waals surface area contributed by atoms with Crippen molar-refractivity contribution in [3.05, 3.63) is 24.3 Å². The van der Waals surface area contributed by atoms with Gasteiger partial charge >= 0.3 is 0 Å².